The normalized spacial score (nSPS) is 23.4. The number of rotatable bonds is 5. The average molecular weight is 346 g/mol. The van der Waals surface area contributed by atoms with Crippen molar-refractivity contribution in [1.29, 1.82) is 0 Å². The molecular weight excluding hydrogens is 316 g/mol. The van der Waals surface area contributed by atoms with Gasteiger partial charge < -0.3 is 26.0 Å². The number of aliphatic hydroxyl groups excluding tert-OH is 1. The van der Waals surface area contributed by atoms with E-state index in [0.29, 0.717) is 23.8 Å². The van der Waals surface area contributed by atoms with Gasteiger partial charge in [-0.25, -0.2) is 0 Å². The second-order valence-electron chi connectivity index (χ2n) is 8.04. The third-order valence-electron chi connectivity index (χ3n) is 5.42. The molecule has 3 fully saturated rings. The van der Waals surface area contributed by atoms with Gasteiger partial charge in [-0.2, -0.15) is 0 Å². The van der Waals surface area contributed by atoms with E-state index in [-0.39, 0.29) is 17.9 Å². The van der Waals surface area contributed by atoms with Gasteiger partial charge in [0.2, 0.25) is 0 Å². The Hall–Kier alpha value is -1.79. The second-order valence-corrected chi connectivity index (χ2v) is 8.04. The molecule has 0 radical (unpaired) electrons. The van der Waals surface area contributed by atoms with E-state index < -0.39 is 0 Å². The highest BCUT2D eigenvalue weighted by Crippen LogP contribution is 2.29. The first-order valence-corrected chi connectivity index (χ1v) is 9.17. The predicted molar refractivity (Wildman–Crippen MR) is 101 cm³/mol. The minimum absolute atomic E-state index is 0.0226. The molecule has 6 nitrogen and oxygen atoms in total. The standard InChI is InChI=1S/C19H30N4O2/c1-19(2,13-24)12-21-18(25)16-11-15(3-4-17(16)20)23-10-9-22-7-5-14(23)6-8-22/h3-4,11,14,24H,5-10,12-13,20H2,1-2H3,(H,21,25). The second kappa shape index (κ2) is 7.22. The Balaban J connectivity index is 1.77. The van der Waals surface area contributed by atoms with Crippen molar-refractivity contribution in [2.75, 3.05) is 50.0 Å². The Bertz CT molecular complexity index is 624. The fraction of sp³-hybridized carbons (Fsp3) is 0.632. The van der Waals surface area contributed by atoms with Gasteiger partial charge >= 0.3 is 0 Å². The summed E-state index contributed by atoms with van der Waals surface area (Å²) in [6.07, 6.45) is 2.35. The van der Waals surface area contributed by atoms with Crippen LogP contribution in [0.5, 0.6) is 0 Å². The largest absolute Gasteiger partial charge is 0.398 e. The highest BCUT2D eigenvalue weighted by Gasteiger charge is 2.29. The van der Waals surface area contributed by atoms with Crippen LogP contribution in [0.25, 0.3) is 0 Å². The summed E-state index contributed by atoms with van der Waals surface area (Å²) in [6, 6.07) is 6.33. The van der Waals surface area contributed by atoms with Gasteiger partial charge in [0, 0.05) is 62.2 Å². The lowest BCUT2D eigenvalue weighted by Crippen LogP contribution is -2.38. The lowest BCUT2D eigenvalue weighted by Gasteiger charge is -2.33. The summed E-state index contributed by atoms with van der Waals surface area (Å²) >= 11 is 0. The van der Waals surface area contributed by atoms with E-state index in [1.54, 1.807) is 0 Å². The van der Waals surface area contributed by atoms with Gasteiger partial charge in [0.1, 0.15) is 0 Å². The van der Waals surface area contributed by atoms with Crippen molar-refractivity contribution in [3.05, 3.63) is 23.8 Å². The minimum Gasteiger partial charge on any atom is -0.398 e. The van der Waals surface area contributed by atoms with Crippen molar-refractivity contribution >= 4 is 17.3 Å². The number of carbonyl (C=O) groups excluding carboxylic acids is 1. The number of aliphatic hydroxyl groups is 1. The van der Waals surface area contributed by atoms with Crippen molar-refractivity contribution in [1.82, 2.24) is 10.2 Å². The highest BCUT2D eigenvalue weighted by atomic mass is 16.3. The topological polar surface area (TPSA) is 81.8 Å². The van der Waals surface area contributed by atoms with E-state index >= 15 is 0 Å². The molecule has 25 heavy (non-hydrogen) atoms. The molecule has 3 heterocycles. The van der Waals surface area contributed by atoms with Crippen LogP contribution in [-0.2, 0) is 0 Å². The van der Waals surface area contributed by atoms with Gasteiger partial charge in [-0.05, 0) is 31.0 Å². The number of carbonyl (C=O) groups is 1. The van der Waals surface area contributed by atoms with Gasteiger partial charge in [0.25, 0.3) is 5.91 Å². The molecule has 138 valence electrons. The number of nitrogen functional groups attached to an aromatic ring is 1. The maximum atomic E-state index is 12.6. The lowest BCUT2D eigenvalue weighted by atomic mass is 9.95. The third-order valence-corrected chi connectivity index (χ3v) is 5.42. The molecule has 4 rings (SSSR count). The Morgan fingerprint density at radius 1 is 1.28 bits per heavy atom. The molecule has 3 aliphatic rings. The Kier molecular flexibility index (Phi) is 5.20. The van der Waals surface area contributed by atoms with Gasteiger partial charge in [-0.1, -0.05) is 13.8 Å². The van der Waals surface area contributed by atoms with Gasteiger partial charge in [-0.15, -0.1) is 0 Å². The van der Waals surface area contributed by atoms with Crippen molar-refractivity contribution < 1.29 is 9.90 Å². The quantitative estimate of drug-likeness (QED) is 0.700. The summed E-state index contributed by atoms with van der Waals surface area (Å²) in [6.45, 7) is 8.66. The zero-order chi connectivity index (χ0) is 18.0. The number of piperidine rings is 1. The molecule has 0 saturated carbocycles. The van der Waals surface area contributed by atoms with Crippen LogP contribution >= 0.6 is 0 Å². The molecule has 2 bridgehead atoms. The first kappa shape index (κ1) is 18.0. The molecule has 0 aliphatic carbocycles. The molecular formula is C19H30N4O2. The molecule has 0 atom stereocenters. The average Bonchev–Trinajstić information content (AvgIpc) is 2.94. The van der Waals surface area contributed by atoms with Gasteiger partial charge in [0.05, 0.1) is 5.56 Å². The molecule has 0 unspecified atom stereocenters. The summed E-state index contributed by atoms with van der Waals surface area (Å²) < 4.78 is 0. The molecule has 1 amide bonds. The van der Waals surface area contributed by atoms with Crippen molar-refractivity contribution in [2.24, 2.45) is 5.41 Å². The molecule has 3 aliphatic heterocycles. The van der Waals surface area contributed by atoms with E-state index in [1.807, 2.05) is 32.0 Å². The maximum Gasteiger partial charge on any atom is 0.253 e. The van der Waals surface area contributed by atoms with Crippen LogP contribution in [0, 0.1) is 5.41 Å². The number of fused-ring (bicyclic) bond motifs is 4. The van der Waals surface area contributed by atoms with Crippen molar-refractivity contribution in [2.45, 2.75) is 32.7 Å². The first-order valence-electron chi connectivity index (χ1n) is 9.17. The number of anilines is 2. The number of nitrogens with two attached hydrogens (primary N) is 1. The van der Waals surface area contributed by atoms with Crippen LogP contribution in [0.15, 0.2) is 18.2 Å². The van der Waals surface area contributed by atoms with E-state index in [4.69, 9.17) is 5.73 Å². The monoisotopic (exact) mass is 346 g/mol. The third kappa shape index (κ3) is 4.07. The molecule has 1 aromatic carbocycles. The summed E-state index contributed by atoms with van der Waals surface area (Å²) in [7, 11) is 0. The van der Waals surface area contributed by atoms with Crippen LogP contribution in [-0.4, -0.2) is 61.3 Å². The van der Waals surface area contributed by atoms with E-state index in [1.165, 1.54) is 25.9 Å². The van der Waals surface area contributed by atoms with Crippen LogP contribution in [0.4, 0.5) is 11.4 Å². The van der Waals surface area contributed by atoms with Gasteiger partial charge in [0.15, 0.2) is 0 Å². The number of hydrogen-bond acceptors (Lipinski definition) is 5. The SMILES string of the molecule is CC(C)(CO)CNC(=O)c1cc(N2CCN3CCC2CC3)ccc1N. The van der Waals surface area contributed by atoms with E-state index in [0.717, 1.165) is 18.8 Å². The van der Waals surface area contributed by atoms with Crippen LogP contribution in [0.1, 0.15) is 37.0 Å². The Morgan fingerprint density at radius 3 is 2.68 bits per heavy atom. The Morgan fingerprint density at radius 2 is 2.00 bits per heavy atom. The summed E-state index contributed by atoms with van der Waals surface area (Å²) in [5.41, 5.74) is 7.80. The van der Waals surface area contributed by atoms with Crippen molar-refractivity contribution in [3.8, 4) is 0 Å². The number of amides is 1. The molecule has 0 spiro atoms. The smallest absolute Gasteiger partial charge is 0.253 e. The number of benzene rings is 1. The molecule has 0 aromatic heterocycles. The lowest BCUT2D eigenvalue weighted by molar-refractivity contribution is 0.0912. The summed E-state index contributed by atoms with van der Waals surface area (Å²) in [4.78, 5) is 17.5. The summed E-state index contributed by atoms with van der Waals surface area (Å²) in [5.74, 6) is -0.177. The van der Waals surface area contributed by atoms with E-state index in [9.17, 15) is 9.90 Å². The molecule has 4 N–H and O–H groups in total. The fourth-order valence-electron chi connectivity index (χ4n) is 3.62. The molecule has 6 heteroatoms. The maximum absolute atomic E-state index is 12.6. The minimum atomic E-state index is -0.347. The van der Waals surface area contributed by atoms with Crippen LogP contribution in [0.3, 0.4) is 0 Å². The Labute approximate surface area is 150 Å². The number of hydrogen-bond donors (Lipinski definition) is 3. The number of nitrogens with one attached hydrogen (secondary N) is 1. The summed E-state index contributed by atoms with van der Waals surface area (Å²) in [5, 5.41) is 12.2. The molecule has 3 saturated heterocycles. The van der Waals surface area contributed by atoms with Crippen molar-refractivity contribution in [3.63, 3.8) is 0 Å². The molecule has 1 aromatic rings. The number of nitrogens with zero attached hydrogens (tertiary/aromatic N) is 2. The van der Waals surface area contributed by atoms with Crippen LogP contribution in [0.2, 0.25) is 0 Å². The highest BCUT2D eigenvalue weighted by molar-refractivity contribution is 6.00. The van der Waals surface area contributed by atoms with E-state index in [2.05, 4.69) is 15.1 Å². The predicted octanol–water partition coefficient (Wildman–Crippen LogP) is 1.30. The zero-order valence-electron chi connectivity index (χ0n) is 15.3. The zero-order valence-corrected chi connectivity index (χ0v) is 15.3. The van der Waals surface area contributed by atoms with Gasteiger partial charge in [-0.3, -0.25) is 4.79 Å². The first-order chi connectivity index (χ1) is 11.9. The van der Waals surface area contributed by atoms with Crippen LogP contribution < -0.4 is 16.0 Å². The fourth-order valence-corrected chi connectivity index (χ4v) is 3.62.